The van der Waals surface area contributed by atoms with Crippen molar-refractivity contribution in [3.63, 3.8) is 0 Å². The van der Waals surface area contributed by atoms with Crippen molar-refractivity contribution in [3.8, 4) is 0 Å². The van der Waals surface area contributed by atoms with Crippen molar-refractivity contribution in [2.45, 2.75) is 6.42 Å². The number of nitrogens with one attached hydrogen (secondary N) is 1. The molecule has 0 aromatic carbocycles. The van der Waals surface area contributed by atoms with Gasteiger partial charge >= 0.3 is 0 Å². The first-order valence-corrected chi connectivity index (χ1v) is 4.78. The van der Waals surface area contributed by atoms with Crippen molar-refractivity contribution >= 4 is 17.6 Å². The van der Waals surface area contributed by atoms with E-state index in [0.717, 1.165) is 18.4 Å². The summed E-state index contributed by atoms with van der Waals surface area (Å²) in [6.07, 6.45) is 3.13. The summed E-state index contributed by atoms with van der Waals surface area (Å²) >= 11 is 1.68. The van der Waals surface area contributed by atoms with E-state index in [4.69, 9.17) is 0 Å². The summed E-state index contributed by atoms with van der Waals surface area (Å²) in [5.74, 6) is 0. The van der Waals surface area contributed by atoms with Crippen LogP contribution in [0.1, 0.15) is 20.9 Å². The number of carbonyl (C=O) groups excluding carboxylic acids is 1. The van der Waals surface area contributed by atoms with Crippen LogP contribution in [-0.4, -0.2) is 16.5 Å². The highest BCUT2D eigenvalue weighted by atomic mass is 32.1. The normalized spacial score (nSPS) is 10.2. The number of aldehydes is 1. The number of H-pyrrole nitrogens is 1. The van der Waals surface area contributed by atoms with Crippen LogP contribution in [0.25, 0.3) is 0 Å². The molecule has 0 unspecified atom stereocenters. The fourth-order valence-electron chi connectivity index (χ4n) is 1.15. The third kappa shape index (κ3) is 1.67. The number of hydrogen-bond acceptors (Lipinski definition) is 3. The quantitative estimate of drug-likeness (QED) is 0.754. The van der Waals surface area contributed by atoms with Gasteiger partial charge in [0.15, 0.2) is 6.29 Å². The summed E-state index contributed by atoms with van der Waals surface area (Å²) < 4.78 is 0. The third-order valence-corrected chi connectivity index (χ3v) is 2.69. The van der Waals surface area contributed by atoms with Crippen molar-refractivity contribution in [3.05, 3.63) is 39.8 Å². The summed E-state index contributed by atoms with van der Waals surface area (Å²) in [4.78, 5) is 11.8. The lowest BCUT2D eigenvalue weighted by atomic mass is 10.2. The van der Waals surface area contributed by atoms with Gasteiger partial charge in [0, 0.05) is 11.3 Å². The second-order valence-corrected chi connectivity index (χ2v) is 3.71. The molecule has 1 N–H and O–H groups in total. The summed E-state index contributed by atoms with van der Waals surface area (Å²) in [5.41, 5.74) is 1.53. The predicted octanol–water partition coefficient (Wildman–Crippen LogP) is 1.87. The van der Waals surface area contributed by atoms with Gasteiger partial charge in [0.05, 0.1) is 17.5 Å². The van der Waals surface area contributed by atoms with Crippen molar-refractivity contribution in [2.24, 2.45) is 0 Å². The number of hydrogen-bond donors (Lipinski definition) is 1. The average Bonchev–Trinajstić information content (AvgIpc) is 2.76. The summed E-state index contributed by atoms with van der Waals surface area (Å²) in [5, 5.41) is 8.66. The van der Waals surface area contributed by atoms with E-state index in [1.54, 1.807) is 17.5 Å². The van der Waals surface area contributed by atoms with E-state index in [1.807, 2.05) is 17.5 Å². The second-order valence-electron chi connectivity index (χ2n) is 2.68. The minimum atomic E-state index is 0.647. The predicted molar refractivity (Wildman–Crippen MR) is 51.1 cm³/mol. The Morgan fingerprint density at radius 2 is 2.54 bits per heavy atom. The molecule has 0 fully saturated rings. The highest BCUT2D eigenvalue weighted by Gasteiger charge is 2.04. The van der Waals surface area contributed by atoms with Crippen LogP contribution in [0.2, 0.25) is 0 Å². The Balaban J connectivity index is 2.23. The molecule has 2 aromatic heterocycles. The molecule has 13 heavy (non-hydrogen) atoms. The lowest BCUT2D eigenvalue weighted by molar-refractivity contribution is 0.112. The average molecular weight is 192 g/mol. The Morgan fingerprint density at radius 3 is 3.23 bits per heavy atom. The molecule has 0 radical (unpaired) electrons. The first kappa shape index (κ1) is 8.19. The smallest absolute Gasteiger partial charge is 0.153 e. The van der Waals surface area contributed by atoms with Gasteiger partial charge in [0.2, 0.25) is 0 Å². The maximum Gasteiger partial charge on any atom is 0.153 e. The first-order chi connectivity index (χ1) is 6.40. The van der Waals surface area contributed by atoms with E-state index >= 15 is 0 Å². The van der Waals surface area contributed by atoms with Crippen molar-refractivity contribution in [2.75, 3.05) is 0 Å². The van der Waals surface area contributed by atoms with Gasteiger partial charge in [0.1, 0.15) is 0 Å². The maximum atomic E-state index is 10.6. The van der Waals surface area contributed by atoms with Gasteiger partial charge in [-0.1, -0.05) is 6.07 Å². The Hall–Kier alpha value is -1.42. The van der Waals surface area contributed by atoms with Crippen LogP contribution in [0.4, 0.5) is 0 Å². The van der Waals surface area contributed by atoms with Crippen LogP contribution >= 0.6 is 11.3 Å². The van der Waals surface area contributed by atoms with Crippen LogP contribution in [0, 0.1) is 0 Å². The molecule has 0 spiro atoms. The molecule has 2 rings (SSSR count). The maximum absolute atomic E-state index is 10.6. The minimum Gasteiger partial charge on any atom is -0.298 e. The Morgan fingerprint density at radius 1 is 1.62 bits per heavy atom. The molecule has 0 aliphatic rings. The molecule has 0 atom stereocenters. The molecule has 0 saturated carbocycles. The van der Waals surface area contributed by atoms with Crippen LogP contribution < -0.4 is 0 Å². The van der Waals surface area contributed by atoms with Gasteiger partial charge in [-0.15, -0.1) is 11.3 Å². The topological polar surface area (TPSA) is 45.8 Å². The fraction of sp³-hybridized carbons (Fsp3) is 0.111. The molecule has 0 saturated heterocycles. The van der Waals surface area contributed by atoms with Gasteiger partial charge in [0.25, 0.3) is 0 Å². The van der Waals surface area contributed by atoms with Gasteiger partial charge in [-0.2, -0.15) is 5.10 Å². The third-order valence-electron chi connectivity index (χ3n) is 1.81. The zero-order chi connectivity index (χ0) is 9.10. The molecular weight excluding hydrogens is 184 g/mol. The van der Waals surface area contributed by atoms with Crippen molar-refractivity contribution < 1.29 is 4.79 Å². The Labute approximate surface area is 79.4 Å². The molecule has 0 bridgehead atoms. The fourth-order valence-corrected chi connectivity index (χ4v) is 1.87. The largest absolute Gasteiger partial charge is 0.298 e. The van der Waals surface area contributed by atoms with Gasteiger partial charge in [-0.25, -0.2) is 0 Å². The molecule has 4 heteroatoms. The Kier molecular flexibility index (Phi) is 2.23. The number of thiophene rings is 1. The van der Waals surface area contributed by atoms with Crippen molar-refractivity contribution in [1.82, 2.24) is 10.2 Å². The summed E-state index contributed by atoms with van der Waals surface area (Å²) in [6.45, 7) is 0. The first-order valence-electron chi connectivity index (χ1n) is 3.90. The number of nitrogens with zero attached hydrogens (tertiary/aromatic N) is 1. The van der Waals surface area contributed by atoms with Gasteiger partial charge < -0.3 is 0 Å². The summed E-state index contributed by atoms with van der Waals surface area (Å²) in [6, 6.07) is 4.04. The van der Waals surface area contributed by atoms with E-state index in [2.05, 4.69) is 10.2 Å². The molecular formula is C9H8N2OS. The van der Waals surface area contributed by atoms with E-state index in [0.29, 0.717) is 5.56 Å². The second kappa shape index (κ2) is 3.53. The lowest BCUT2D eigenvalue weighted by Gasteiger charge is -1.93. The molecule has 0 aliphatic carbocycles. The highest BCUT2D eigenvalue weighted by molar-refractivity contribution is 7.09. The standard InChI is InChI=1S/C9H8N2OS/c12-6-7-5-10-11-9(7)4-8-2-1-3-13-8/h1-3,5-6H,4H2,(H,10,11). The minimum absolute atomic E-state index is 0.647. The van der Waals surface area contributed by atoms with Crippen molar-refractivity contribution in [1.29, 1.82) is 0 Å². The van der Waals surface area contributed by atoms with E-state index in [9.17, 15) is 4.79 Å². The van der Waals surface area contributed by atoms with Crippen LogP contribution in [0.5, 0.6) is 0 Å². The van der Waals surface area contributed by atoms with E-state index < -0.39 is 0 Å². The molecule has 2 heterocycles. The molecule has 66 valence electrons. The summed E-state index contributed by atoms with van der Waals surface area (Å²) in [7, 11) is 0. The van der Waals surface area contributed by atoms with Gasteiger partial charge in [-0.3, -0.25) is 9.89 Å². The van der Waals surface area contributed by atoms with Crippen LogP contribution in [0.3, 0.4) is 0 Å². The zero-order valence-electron chi connectivity index (χ0n) is 6.86. The van der Waals surface area contributed by atoms with E-state index in [1.165, 1.54) is 4.88 Å². The van der Waals surface area contributed by atoms with Crippen LogP contribution in [-0.2, 0) is 6.42 Å². The highest BCUT2D eigenvalue weighted by Crippen LogP contribution is 2.14. The Bertz CT molecular complexity index is 391. The molecule has 0 amide bonds. The SMILES string of the molecule is O=Cc1cn[nH]c1Cc1cccs1. The number of aromatic amines is 1. The number of aromatic nitrogens is 2. The number of rotatable bonds is 3. The zero-order valence-corrected chi connectivity index (χ0v) is 7.67. The van der Waals surface area contributed by atoms with Gasteiger partial charge in [-0.05, 0) is 11.4 Å². The monoisotopic (exact) mass is 192 g/mol. The molecule has 2 aromatic rings. The molecule has 3 nitrogen and oxygen atoms in total. The lowest BCUT2D eigenvalue weighted by Crippen LogP contribution is -1.90. The van der Waals surface area contributed by atoms with Crippen LogP contribution in [0.15, 0.2) is 23.7 Å². The van der Waals surface area contributed by atoms with E-state index in [-0.39, 0.29) is 0 Å². The number of carbonyl (C=O) groups is 1. The molecule has 0 aliphatic heterocycles.